The summed E-state index contributed by atoms with van der Waals surface area (Å²) >= 11 is 1.55. The molecule has 1 aliphatic heterocycles. The first-order chi connectivity index (χ1) is 15.5. The molecule has 1 aliphatic carbocycles. The summed E-state index contributed by atoms with van der Waals surface area (Å²) in [6.07, 6.45) is 6.09. The smallest absolute Gasteiger partial charge is 0.404 e. The molecule has 3 aromatic rings. The van der Waals surface area contributed by atoms with Gasteiger partial charge >= 0.3 is 6.09 Å². The SMILES string of the molecule is CC(Nc1cc(C(=O)N2CCC(OC(N)=O)CC2)nc(-c2cnn3ccsc23)n1)C1CC1. The number of nitrogens with one attached hydrogen (secondary N) is 1. The first kappa shape index (κ1) is 20.7. The molecule has 0 radical (unpaired) electrons. The van der Waals surface area contributed by atoms with Crippen LogP contribution in [0.1, 0.15) is 43.1 Å². The Kier molecular flexibility index (Phi) is 5.41. The van der Waals surface area contributed by atoms with E-state index in [1.54, 1.807) is 33.0 Å². The maximum absolute atomic E-state index is 13.3. The van der Waals surface area contributed by atoms with Gasteiger partial charge in [0.25, 0.3) is 5.91 Å². The van der Waals surface area contributed by atoms with Gasteiger partial charge in [-0.3, -0.25) is 4.79 Å². The monoisotopic (exact) mass is 455 g/mol. The average molecular weight is 456 g/mol. The Morgan fingerprint density at radius 2 is 2.03 bits per heavy atom. The van der Waals surface area contributed by atoms with Crippen LogP contribution in [0.3, 0.4) is 0 Å². The van der Waals surface area contributed by atoms with Crippen molar-refractivity contribution in [1.29, 1.82) is 0 Å². The number of likely N-dealkylation sites (tertiary alicyclic amines) is 1. The molecule has 10 nitrogen and oxygen atoms in total. The van der Waals surface area contributed by atoms with Crippen LogP contribution in [0.2, 0.25) is 0 Å². The van der Waals surface area contributed by atoms with E-state index in [2.05, 4.69) is 22.3 Å². The second-order valence-electron chi connectivity index (χ2n) is 8.37. The standard InChI is InChI=1S/C21H25N7O3S/c1-12(13-2-3-13)24-17-10-16(19(29)27-6-4-14(5-7-27)31-21(22)30)25-18(26-17)15-11-23-28-8-9-32-20(15)28/h8-14H,2-7H2,1H3,(H2,22,30)(H,24,25,26). The van der Waals surface area contributed by atoms with Crippen molar-refractivity contribution in [1.82, 2.24) is 24.5 Å². The Balaban J connectivity index is 1.42. The number of anilines is 1. The molecule has 32 heavy (non-hydrogen) atoms. The number of hydrogen-bond donors (Lipinski definition) is 2. The van der Waals surface area contributed by atoms with Gasteiger partial charge in [0, 0.05) is 49.6 Å². The molecule has 168 valence electrons. The zero-order valence-corrected chi connectivity index (χ0v) is 18.5. The number of nitrogens with two attached hydrogens (primary N) is 1. The third-order valence-electron chi connectivity index (χ3n) is 6.03. The Labute approximate surface area is 188 Å². The highest BCUT2D eigenvalue weighted by molar-refractivity contribution is 7.16. The van der Waals surface area contributed by atoms with Crippen molar-refractivity contribution in [3.63, 3.8) is 0 Å². The van der Waals surface area contributed by atoms with Gasteiger partial charge < -0.3 is 20.7 Å². The number of primary amides is 1. The first-order valence-electron chi connectivity index (χ1n) is 10.8. The Hall–Kier alpha value is -3.21. The van der Waals surface area contributed by atoms with Gasteiger partial charge in [-0.05, 0) is 25.7 Å². The minimum Gasteiger partial charge on any atom is -0.446 e. The van der Waals surface area contributed by atoms with Crippen LogP contribution in [0, 0.1) is 5.92 Å². The molecule has 1 saturated heterocycles. The number of ether oxygens (including phenoxy) is 1. The van der Waals surface area contributed by atoms with Crippen LogP contribution in [0.5, 0.6) is 0 Å². The van der Waals surface area contributed by atoms with E-state index in [9.17, 15) is 9.59 Å². The van der Waals surface area contributed by atoms with Gasteiger partial charge in [-0.15, -0.1) is 11.3 Å². The molecule has 4 heterocycles. The summed E-state index contributed by atoms with van der Waals surface area (Å²) in [5.74, 6) is 1.59. The highest BCUT2D eigenvalue weighted by Crippen LogP contribution is 2.34. The van der Waals surface area contributed by atoms with E-state index in [1.165, 1.54) is 12.8 Å². The lowest BCUT2D eigenvalue weighted by Crippen LogP contribution is -2.42. The number of piperidine rings is 1. The van der Waals surface area contributed by atoms with E-state index in [-0.39, 0.29) is 18.1 Å². The molecular weight excluding hydrogens is 430 g/mol. The minimum atomic E-state index is -0.781. The molecule has 0 spiro atoms. The van der Waals surface area contributed by atoms with E-state index in [0.717, 1.165) is 10.4 Å². The van der Waals surface area contributed by atoms with Crippen LogP contribution < -0.4 is 11.1 Å². The number of aromatic nitrogens is 4. The van der Waals surface area contributed by atoms with Crippen molar-refractivity contribution < 1.29 is 14.3 Å². The molecular formula is C21H25N7O3S. The number of rotatable bonds is 6. The van der Waals surface area contributed by atoms with Crippen molar-refractivity contribution in [3.05, 3.63) is 29.5 Å². The number of amides is 2. The zero-order chi connectivity index (χ0) is 22.2. The van der Waals surface area contributed by atoms with Crippen LogP contribution in [-0.2, 0) is 4.74 Å². The van der Waals surface area contributed by atoms with Crippen LogP contribution in [0.4, 0.5) is 10.6 Å². The van der Waals surface area contributed by atoms with Gasteiger partial charge in [-0.1, -0.05) is 0 Å². The molecule has 11 heteroatoms. The van der Waals surface area contributed by atoms with Gasteiger partial charge in [0.15, 0.2) is 5.82 Å². The average Bonchev–Trinajstić information content (AvgIpc) is 3.39. The lowest BCUT2D eigenvalue weighted by atomic mass is 10.1. The van der Waals surface area contributed by atoms with Crippen LogP contribution in [-0.4, -0.2) is 61.7 Å². The molecule has 3 aromatic heterocycles. The van der Waals surface area contributed by atoms with Gasteiger partial charge in [0.05, 0.1) is 11.8 Å². The van der Waals surface area contributed by atoms with E-state index in [1.807, 2.05) is 11.6 Å². The fraction of sp³-hybridized carbons (Fsp3) is 0.476. The molecule has 1 atom stereocenters. The van der Waals surface area contributed by atoms with E-state index in [0.29, 0.717) is 49.2 Å². The van der Waals surface area contributed by atoms with Gasteiger partial charge in [-0.2, -0.15) is 5.10 Å². The van der Waals surface area contributed by atoms with E-state index in [4.69, 9.17) is 15.5 Å². The lowest BCUT2D eigenvalue weighted by Gasteiger charge is -2.31. The van der Waals surface area contributed by atoms with Crippen molar-refractivity contribution in [3.8, 4) is 11.4 Å². The Morgan fingerprint density at radius 1 is 1.25 bits per heavy atom. The quantitative estimate of drug-likeness (QED) is 0.585. The second kappa shape index (κ2) is 8.38. The summed E-state index contributed by atoms with van der Waals surface area (Å²) in [5, 5.41) is 9.77. The topological polar surface area (TPSA) is 128 Å². The third kappa shape index (κ3) is 4.24. The molecule has 3 N–H and O–H groups in total. The largest absolute Gasteiger partial charge is 0.446 e. The third-order valence-corrected chi connectivity index (χ3v) is 6.92. The lowest BCUT2D eigenvalue weighted by molar-refractivity contribution is 0.0451. The fourth-order valence-corrected chi connectivity index (χ4v) is 4.87. The second-order valence-corrected chi connectivity index (χ2v) is 9.27. The normalized spacial score (nSPS) is 18.0. The van der Waals surface area contributed by atoms with E-state index >= 15 is 0 Å². The van der Waals surface area contributed by atoms with E-state index < -0.39 is 6.09 Å². The molecule has 1 unspecified atom stereocenters. The Morgan fingerprint density at radius 3 is 2.75 bits per heavy atom. The summed E-state index contributed by atoms with van der Waals surface area (Å²) in [7, 11) is 0. The fourth-order valence-electron chi connectivity index (χ4n) is 4.08. The zero-order valence-electron chi connectivity index (χ0n) is 17.7. The summed E-state index contributed by atoms with van der Waals surface area (Å²) in [4.78, 5) is 36.3. The molecule has 2 aliphatic rings. The van der Waals surface area contributed by atoms with Crippen LogP contribution in [0.15, 0.2) is 23.8 Å². The summed E-state index contributed by atoms with van der Waals surface area (Å²) in [6, 6.07) is 2.00. The Bertz CT molecular complexity index is 1150. The summed E-state index contributed by atoms with van der Waals surface area (Å²) in [5.41, 5.74) is 6.25. The molecule has 2 fully saturated rings. The number of hydrogen-bond acceptors (Lipinski definition) is 8. The molecule has 0 bridgehead atoms. The predicted molar refractivity (Wildman–Crippen MR) is 119 cm³/mol. The predicted octanol–water partition coefficient (Wildman–Crippen LogP) is 2.76. The van der Waals surface area contributed by atoms with Gasteiger partial charge in [0.1, 0.15) is 22.4 Å². The first-order valence-corrected chi connectivity index (χ1v) is 11.7. The molecule has 0 aromatic carbocycles. The van der Waals surface area contributed by atoms with Crippen molar-refractivity contribution in [2.45, 2.75) is 44.8 Å². The van der Waals surface area contributed by atoms with Crippen molar-refractivity contribution in [2.75, 3.05) is 18.4 Å². The maximum Gasteiger partial charge on any atom is 0.404 e. The highest BCUT2D eigenvalue weighted by Gasteiger charge is 2.30. The molecule has 2 amide bonds. The summed E-state index contributed by atoms with van der Waals surface area (Å²) in [6.45, 7) is 3.09. The van der Waals surface area contributed by atoms with Crippen LogP contribution in [0.25, 0.3) is 16.2 Å². The number of carbonyl (C=O) groups excluding carboxylic acids is 2. The van der Waals surface area contributed by atoms with Gasteiger partial charge in [0.2, 0.25) is 0 Å². The van der Waals surface area contributed by atoms with Crippen LogP contribution >= 0.6 is 11.3 Å². The van der Waals surface area contributed by atoms with Crippen molar-refractivity contribution in [2.24, 2.45) is 11.7 Å². The number of nitrogens with zero attached hydrogens (tertiary/aromatic N) is 5. The molecule has 5 rings (SSSR count). The number of carbonyl (C=O) groups is 2. The maximum atomic E-state index is 13.3. The number of fused-ring (bicyclic) bond motifs is 1. The summed E-state index contributed by atoms with van der Waals surface area (Å²) < 4.78 is 6.85. The van der Waals surface area contributed by atoms with Gasteiger partial charge in [-0.25, -0.2) is 19.3 Å². The van der Waals surface area contributed by atoms with Crippen molar-refractivity contribution >= 4 is 34.0 Å². The number of thiazole rings is 1. The minimum absolute atomic E-state index is 0.164. The molecule has 1 saturated carbocycles. The highest BCUT2D eigenvalue weighted by atomic mass is 32.1.